The van der Waals surface area contributed by atoms with Crippen LogP contribution in [0, 0.1) is 11.8 Å². The Balaban J connectivity index is 1.91. The highest BCUT2D eigenvalue weighted by atomic mass is 32.2. The number of sulfonamides is 1. The summed E-state index contributed by atoms with van der Waals surface area (Å²) in [4.78, 5) is 26.5. The van der Waals surface area contributed by atoms with Gasteiger partial charge in [-0.2, -0.15) is 0 Å². The SMILES string of the molecule is CC(C)CN(CC(C)C)C(=O)COC(=O)c1ccc(S(=O)(=O)NCC2CCCO2)cc1. The lowest BCUT2D eigenvalue weighted by Gasteiger charge is -2.26. The minimum Gasteiger partial charge on any atom is -0.452 e. The molecule has 0 aromatic heterocycles. The van der Waals surface area contributed by atoms with Crippen molar-refractivity contribution in [1.29, 1.82) is 0 Å². The first kappa shape index (κ1) is 25.3. The van der Waals surface area contributed by atoms with E-state index in [0.717, 1.165) is 12.8 Å². The largest absolute Gasteiger partial charge is 0.452 e. The van der Waals surface area contributed by atoms with E-state index in [-0.39, 0.29) is 35.6 Å². The molecule has 0 saturated carbocycles. The van der Waals surface area contributed by atoms with Gasteiger partial charge in [-0.3, -0.25) is 4.79 Å². The highest BCUT2D eigenvalue weighted by Crippen LogP contribution is 2.15. The Kier molecular flexibility index (Phi) is 9.46. The molecule has 174 valence electrons. The van der Waals surface area contributed by atoms with E-state index in [2.05, 4.69) is 4.72 Å². The van der Waals surface area contributed by atoms with Crippen LogP contribution in [0.4, 0.5) is 0 Å². The number of rotatable bonds is 11. The summed E-state index contributed by atoms with van der Waals surface area (Å²) in [7, 11) is -3.69. The summed E-state index contributed by atoms with van der Waals surface area (Å²) >= 11 is 0. The van der Waals surface area contributed by atoms with E-state index in [1.54, 1.807) is 4.90 Å². The summed E-state index contributed by atoms with van der Waals surface area (Å²) in [5, 5.41) is 0. The molecule has 1 unspecified atom stereocenters. The molecule has 0 aliphatic carbocycles. The lowest BCUT2D eigenvalue weighted by Crippen LogP contribution is -2.39. The van der Waals surface area contributed by atoms with Gasteiger partial charge in [0.05, 0.1) is 16.6 Å². The number of nitrogens with one attached hydrogen (secondary N) is 1. The molecule has 1 aromatic carbocycles. The fourth-order valence-electron chi connectivity index (χ4n) is 3.32. The number of hydrogen-bond acceptors (Lipinski definition) is 6. The number of hydrogen-bond donors (Lipinski definition) is 1. The first-order valence-corrected chi connectivity index (χ1v) is 12.2. The second-order valence-electron chi connectivity index (χ2n) is 8.67. The number of benzene rings is 1. The van der Waals surface area contributed by atoms with Gasteiger partial charge in [0.2, 0.25) is 10.0 Å². The van der Waals surface area contributed by atoms with E-state index in [1.165, 1.54) is 24.3 Å². The van der Waals surface area contributed by atoms with E-state index in [9.17, 15) is 18.0 Å². The molecule has 1 aliphatic heterocycles. The first-order chi connectivity index (χ1) is 14.6. The minimum absolute atomic E-state index is 0.0539. The number of ether oxygens (including phenoxy) is 2. The van der Waals surface area contributed by atoms with Crippen LogP contribution in [0.5, 0.6) is 0 Å². The molecule has 8 nitrogen and oxygen atoms in total. The summed E-state index contributed by atoms with van der Waals surface area (Å²) in [5.74, 6) is -0.296. The zero-order valence-corrected chi connectivity index (χ0v) is 19.6. The van der Waals surface area contributed by atoms with Crippen LogP contribution in [0.15, 0.2) is 29.2 Å². The van der Waals surface area contributed by atoms with Crippen LogP contribution in [-0.2, 0) is 24.3 Å². The molecule has 31 heavy (non-hydrogen) atoms. The van der Waals surface area contributed by atoms with Crippen molar-refractivity contribution in [2.24, 2.45) is 11.8 Å². The normalized spacial score (nSPS) is 16.6. The highest BCUT2D eigenvalue weighted by Gasteiger charge is 2.21. The summed E-state index contributed by atoms with van der Waals surface area (Å²) in [5.41, 5.74) is 0.185. The Morgan fingerprint density at radius 3 is 2.26 bits per heavy atom. The highest BCUT2D eigenvalue weighted by molar-refractivity contribution is 7.89. The number of amides is 1. The zero-order valence-electron chi connectivity index (χ0n) is 18.8. The average molecular weight is 455 g/mol. The Bertz CT molecular complexity index is 820. The Morgan fingerprint density at radius 2 is 1.74 bits per heavy atom. The second-order valence-corrected chi connectivity index (χ2v) is 10.4. The molecule has 1 aliphatic rings. The Labute approximate surface area is 185 Å². The quantitative estimate of drug-likeness (QED) is 0.515. The van der Waals surface area contributed by atoms with Crippen LogP contribution in [0.2, 0.25) is 0 Å². The molecule has 1 fully saturated rings. The molecule has 1 N–H and O–H groups in total. The molecule has 0 bridgehead atoms. The fraction of sp³-hybridized carbons (Fsp3) is 0.636. The van der Waals surface area contributed by atoms with Gasteiger partial charge in [0, 0.05) is 26.2 Å². The molecule has 9 heteroatoms. The van der Waals surface area contributed by atoms with Gasteiger partial charge in [-0.05, 0) is 48.9 Å². The van der Waals surface area contributed by atoms with Gasteiger partial charge in [0.1, 0.15) is 0 Å². The molecular weight excluding hydrogens is 420 g/mol. The maximum Gasteiger partial charge on any atom is 0.338 e. The van der Waals surface area contributed by atoms with Gasteiger partial charge in [-0.25, -0.2) is 17.9 Å². The predicted molar refractivity (Wildman–Crippen MR) is 117 cm³/mol. The van der Waals surface area contributed by atoms with E-state index in [4.69, 9.17) is 9.47 Å². The third-order valence-corrected chi connectivity index (χ3v) is 6.22. The second kappa shape index (κ2) is 11.6. The van der Waals surface area contributed by atoms with Crippen LogP contribution in [-0.4, -0.2) is 64.1 Å². The number of carbonyl (C=O) groups excluding carboxylic acids is 2. The maximum absolute atomic E-state index is 12.5. The minimum atomic E-state index is -3.69. The third kappa shape index (κ3) is 8.23. The summed E-state index contributed by atoms with van der Waals surface area (Å²) < 4.78 is 37.9. The monoisotopic (exact) mass is 454 g/mol. The third-order valence-electron chi connectivity index (χ3n) is 4.78. The van der Waals surface area contributed by atoms with Crippen molar-refractivity contribution in [1.82, 2.24) is 9.62 Å². The lowest BCUT2D eigenvalue weighted by molar-refractivity contribution is -0.135. The first-order valence-electron chi connectivity index (χ1n) is 10.7. The topological polar surface area (TPSA) is 102 Å². The van der Waals surface area contributed by atoms with Crippen molar-refractivity contribution in [3.8, 4) is 0 Å². The molecule has 0 spiro atoms. The summed E-state index contributed by atoms with van der Waals surface area (Å²) in [6, 6.07) is 5.46. The van der Waals surface area contributed by atoms with E-state index in [1.807, 2.05) is 27.7 Å². The summed E-state index contributed by atoms with van der Waals surface area (Å²) in [6.07, 6.45) is 1.66. The number of esters is 1. The van der Waals surface area contributed by atoms with Crippen molar-refractivity contribution in [2.75, 3.05) is 32.8 Å². The van der Waals surface area contributed by atoms with E-state index >= 15 is 0 Å². The lowest BCUT2D eigenvalue weighted by atomic mass is 10.1. The molecule has 1 saturated heterocycles. The van der Waals surface area contributed by atoms with Crippen molar-refractivity contribution in [2.45, 2.75) is 51.5 Å². The fourth-order valence-corrected chi connectivity index (χ4v) is 4.39. The van der Waals surface area contributed by atoms with Gasteiger partial charge < -0.3 is 14.4 Å². The van der Waals surface area contributed by atoms with Crippen molar-refractivity contribution >= 4 is 21.9 Å². The Morgan fingerprint density at radius 1 is 1.13 bits per heavy atom. The van der Waals surface area contributed by atoms with Crippen molar-refractivity contribution in [3.05, 3.63) is 29.8 Å². The van der Waals surface area contributed by atoms with Crippen molar-refractivity contribution < 1.29 is 27.5 Å². The zero-order chi connectivity index (χ0) is 23.0. The summed E-state index contributed by atoms with van der Waals surface area (Å²) in [6.45, 7) is 9.82. The van der Waals surface area contributed by atoms with Crippen molar-refractivity contribution in [3.63, 3.8) is 0 Å². The molecule has 1 atom stereocenters. The van der Waals surface area contributed by atoms with Gasteiger partial charge in [-0.1, -0.05) is 27.7 Å². The molecule has 0 radical (unpaired) electrons. The van der Waals surface area contributed by atoms with Crippen LogP contribution in [0.25, 0.3) is 0 Å². The average Bonchev–Trinajstić information content (AvgIpc) is 3.23. The maximum atomic E-state index is 12.5. The van der Waals surface area contributed by atoms with Gasteiger partial charge in [0.25, 0.3) is 5.91 Å². The van der Waals surface area contributed by atoms with E-state index < -0.39 is 16.0 Å². The van der Waals surface area contributed by atoms with Gasteiger partial charge >= 0.3 is 5.97 Å². The molecular formula is C22H34N2O6S. The predicted octanol–water partition coefficient (Wildman–Crippen LogP) is 2.44. The Hall–Kier alpha value is -1.97. The van der Waals surface area contributed by atoms with Crippen LogP contribution >= 0.6 is 0 Å². The van der Waals surface area contributed by atoms with E-state index in [0.29, 0.717) is 31.5 Å². The van der Waals surface area contributed by atoms with Gasteiger partial charge in [-0.15, -0.1) is 0 Å². The van der Waals surface area contributed by atoms with Crippen LogP contribution in [0.1, 0.15) is 50.9 Å². The standard InChI is InChI=1S/C22H34N2O6S/c1-16(2)13-24(14-17(3)4)21(25)15-30-22(26)18-7-9-20(10-8-18)31(27,28)23-12-19-6-5-11-29-19/h7-10,16-17,19,23H,5-6,11-15H2,1-4H3. The van der Waals surface area contributed by atoms with Crippen LogP contribution in [0.3, 0.4) is 0 Å². The van der Waals surface area contributed by atoms with Crippen LogP contribution < -0.4 is 4.72 Å². The number of carbonyl (C=O) groups is 2. The number of nitrogens with zero attached hydrogens (tertiary/aromatic N) is 1. The smallest absolute Gasteiger partial charge is 0.338 e. The molecule has 1 amide bonds. The molecule has 2 rings (SSSR count). The molecule has 1 heterocycles. The molecule has 1 aromatic rings. The van der Waals surface area contributed by atoms with Gasteiger partial charge in [0.15, 0.2) is 6.61 Å².